The summed E-state index contributed by atoms with van der Waals surface area (Å²) < 4.78 is 32.9. The smallest absolute Gasteiger partial charge is 0.270 e. The van der Waals surface area contributed by atoms with Crippen LogP contribution in [-0.2, 0) is 21.8 Å². The van der Waals surface area contributed by atoms with Crippen LogP contribution in [0.1, 0.15) is 23.3 Å². The van der Waals surface area contributed by atoms with Gasteiger partial charge in [-0.15, -0.1) is 0 Å². The van der Waals surface area contributed by atoms with Gasteiger partial charge in [0.05, 0.1) is 19.5 Å². The number of piperidine rings is 1. The number of hydrogen-bond acceptors (Lipinski definition) is 4. The molecule has 24 heavy (non-hydrogen) atoms. The third-order valence-corrected chi connectivity index (χ3v) is 6.40. The highest BCUT2D eigenvalue weighted by atomic mass is 32.2. The van der Waals surface area contributed by atoms with Crippen LogP contribution < -0.4 is 0 Å². The summed E-state index contributed by atoms with van der Waals surface area (Å²) in [6.07, 6.45) is 4.63. The molecule has 0 bridgehead atoms. The minimum Gasteiger partial charge on any atom is -0.379 e. The Hall–Kier alpha value is -1.38. The molecule has 1 amide bonds. The van der Waals surface area contributed by atoms with Crippen LogP contribution in [0.5, 0.6) is 0 Å². The normalized spacial score (nSPS) is 22.5. The van der Waals surface area contributed by atoms with Crippen molar-refractivity contribution in [3.63, 3.8) is 0 Å². The van der Waals surface area contributed by atoms with Gasteiger partial charge in [0.1, 0.15) is 5.69 Å². The van der Waals surface area contributed by atoms with E-state index in [1.165, 1.54) is 10.6 Å². The first-order valence-corrected chi connectivity index (χ1v) is 10.1. The number of aromatic nitrogens is 1. The second kappa shape index (κ2) is 6.50. The van der Waals surface area contributed by atoms with Crippen molar-refractivity contribution < 1.29 is 17.9 Å². The zero-order valence-corrected chi connectivity index (χ0v) is 15.1. The molecule has 2 aliphatic rings. The van der Waals surface area contributed by atoms with E-state index in [9.17, 15) is 13.2 Å². The van der Waals surface area contributed by atoms with Crippen LogP contribution in [0, 0.1) is 5.41 Å². The largest absolute Gasteiger partial charge is 0.379 e. The molecule has 3 heterocycles. The Balaban J connectivity index is 1.69. The monoisotopic (exact) mass is 355 g/mol. The number of nitrogens with zero attached hydrogens (tertiary/aromatic N) is 3. The van der Waals surface area contributed by atoms with Gasteiger partial charge in [-0.05, 0) is 25.0 Å². The molecule has 0 N–H and O–H groups in total. The van der Waals surface area contributed by atoms with E-state index >= 15 is 0 Å². The maximum absolute atomic E-state index is 12.6. The Kier molecular flexibility index (Phi) is 4.72. The van der Waals surface area contributed by atoms with Gasteiger partial charge < -0.3 is 14.2 Å². The van der Waals surface area contributed by atoms with Crippen molar-refractivity contribution in [2.24, 2.45) is 12.5 Å². The highest BCUT2D eigenvalue weighted by Gasteiger charge is 2.41. The molecule has 1 aromatic heterocycles. The first kappa shape index (κ1) is 17.4. The number of ether oxygens (including phenoxy) is 1. The number of amides is 1. The van der Waals surface area contributed by atoms with Crippen molar-refractivity contribution in [1.82, 2.24) is 13.8 Å². The van der Waals surface area contributed by atoms with Crippen molar-refractivity contribution >= 4 is 15.9 Å². The maximum atomic E-state index is 12.6. The summed E-state index contributed by atoms with van der Waals surface area (Å²) >= 11 is 0. The molecule has 0 unspecified atom stereocenters. The number of carbonyl (C=O) groups excluding carboxylic acids is 1. The highest BCUT2D eigenvalue weighted by molar-refractivity contribution is 7.88. The van der Waals surface area contributed by atoms with E-state index in [0.29, 0.717) is 45.1 Å². The summed E-state index contributed by atoms with van der Waals surface area (Å²) in [4.78, 5) is 14.5. The van der Waals surface area contributed by atoms with E-state index in [1.54, 1.807) is 0 Å². The Bertz CT molecular complexity index is 705. The minimum absolute atomic E-state index is 0.0341. The predicted octanol–water partition coefficient (Wildman–Crippen LogP) is 0.539. The van der Waals surface area contributed by atoms with Crippen molar-refractivity contribution in [2.75, 3.05) is 45.6 Å². The second-order valence-corrected chi connectivity index (χ2v) is 8.93. The Morgan fingerprint density at radius 1 is 1.25 bits per heavy atom. The number of hydrogen-bond donors (Lipinski definition) is 0. The molecule has 2 aliphatic heterocycles. The molecule has 8 heteroatoms. The van der Waals surface area contributed by atoms with Crippen LogP contribution in [0.4, 0.5) is 0 Å². The lowest BCUT2D eigenvalue weighted by Gasteiger charge is -2.42. The Morgan fingerprint density at radius 2 is 1.96 bits per heavy atom. The van der Waals surface area contributed by atoms with Crippen LogP contribution in [0.15, 0.2) is 18.3 Å². The zero-order chi connectivity index (χ0) is 17.4. The molecule has 3 rings (SSSR count). The molecule has 134 valence electrons. The van der Waals surface area contributed by atoms with Gasteiger partial charge >= 0.3 is 0 Å². The molecule has 2 fully saturated rings. The van der Waals surface area contributed by atoms with E-state index in [4.69, 9.17) is 4.74 Å². The molecular formula is C16H25N3O4S. The van der Waals surface area contributed by atoms with Gasteiger partial charge in [-0.3, -0.25) is 4.79 Å². The molecule has 0 saturated carbocycles. The molecule has 0 aliphatic carbocycles. The van der Waals surface area contributed by atoms with Crippen molar-refractivity contribution in [3.8, 4) is 0 Å². The number of rotatable bonds is 2. The number of sulfonamides is 1. The standard InChI is InChI=1S/C16H25N3O4S/c1-17-7-3-4-14(17)15(20)18-8-5-16(6-9-18)12-19(24(2,21)22)10-11-23-13-16/h3-4,7H,5-6,8-13H2,1-2H3. The number of likely N-dealkylation sites (tertiary alicyclic amines) is 1. The van der Waals surface area contributed by atoms with Gasteiger partial charge in [-0.2, -0.15) is 4.31 Å². The van der Waals surface area contributed by atoms with Crippen LogP contribution in [0.25, 0.3) is 0 Å². The SMILES string of the molecule is Cn1cccc1C(=O)N1CCC2(CC1)COCCN(S(C)(=O)=O)C2. The Morgan fingerprint density at radius 3 is 2.54 bits per heavy atom. The first-order chi connectivity index (χ1) is 11.3. The molecule has 0 aromatic carbocycles. The number of carbonyl (C=O) groups is 1. The summed E-state index contributed by atoms with van der Waals surface area (Å²) in [7, 11) is -1.36. The lowest BCUT2D eigenvalue weighted by Crippen LogP contribution is -2.49. The summed E-state index contributed by atoms with van der Waals surface area (Å²) in [5, 5.41) is 0. The lowest BCUT2D eigenvalue weighted by atomic mass is 9.79. The summed E-state index contributed by atoms with van der Waals surface area (Å²) in [6, 6.07) is 3.69. The van der Waals surface area contributed by atoms with E-state index in [-0.39, 0.29) is 11.3 Å². The van der Waals surface area contributed by atoms with Gasteiger partial charge in [-0.25, -0.2) is 8.42 Å². The third kappa shape index (κ3) is 3.50. The lowest BCUT2D eigenvalue weighted by molar-refractivity contribution is 0.0176. The van der Waals surface area contributed by atoms with Crippen molar-refractivity contribution in [1.29, 1.82) is 0 Å². The predicted molar refractivity (Wildman–Crippen MR) is 90.2 cm³/mol. The fraction of sp³-hybridized carbons (Fsp3) is 0.688. The van der Waals surface area contributed by atoms with Gasteiger partial charge in [-0.1, -0.05) is 0 Å². The number of aryl methyl sites for hydroxylation is 1. The van der Waals surface area contributed by atoms with Crippen molar-refractivity contribution in [2.45, 2.75) is 12.8 Å². The molecular weight excluding hydrogens is 330 g/mol. The van der Waals surface area contributed by atoms with E-state index < -0.39 is 10.0 Å². The second-order valence-electron chi connectivity index (χ2n) is 6.95. The van der Waals surface area contributed by atoms with Crippen LogP contribution >= 0.6 is 0 Å². The molecule has 1 aromatic rings. The fourth-order valence-corrected chi connectivity index (χ4v) is 4.48. The topological polar surface area (TPSA) is 71.8 Å². The fourth-order valence-electron chi connectivity index (χ4n) is 3.57. The molecule has 1 spiro atoms. The van der Waals surface area contributed by atoms with Crippen LogP contribution in [0.3, 0.4) is 0 Å². The van der Waals surface area contributed by atoms with Gasteiger partial charge in [0.2, 0.25) is 10.0 Å². The zero-order valence-electron chi connectivity index (χ0n) is 14.3. The van der Waals surface area contributed by atoms with Gasteiger partial charge in [0.15, 0.2) is 0 Å². The summed E-state index contributed by atoms with van der Waals surface area (Å²) in [6.45, 7) is 3.15. The van der Waals surface area contributed by atoms with E-state index in [1.807, 2.05) is 34.8 Å². The summed E-state index contributed by atoms with van der Waals surface area (Å²) in [5.74, 6) is 0.0341. The first-order valence-electron chi connectivity index (χ1n) is 8.24. The van der Waals surface area contributed by atoms with Gasteiger partial charge in [0.25, 0.3) is 5.91 Å². The molecule has 0 radical (unpaired) electrons. The van der Waals surface area contributed by atoms with E-state index in [2.05, 4.69) is 0 Å². The van der Waals surface area contributed by atoms with Crippen LogP contribution in [-0.4, -0.2) is 73.7 Å². The van der Waals surface area contributed by atoms with Crippen LogP contribution in [0.2, 0.25) is 0 Å². The quantitative estimate of drug-likeness (QED) is 0.776. The molecule has 2 saturated heterocycles. The molecule has 7 nitrogen and oxygen atoms in total. The Labute approximate surface area is 143 Å². The minimum atomic E-state index is -3.23. The average Bonchev–Trinajstić information content (AvgIpc) is 2.84. The molecule has 0 atom stereocenters. The van der Waals surface area contributed by atoms with E-state index in [0.717, 1.165) is 12.8 Å². The van der Waals surface area contributed by atoms with Gasteiger partial charge in [0, 0.05) is 44.8 Å². The third-order valence-electron chi connectivity index (χ3n) is 5.15. The average molecular weight is 355 g/mol. The maximum Gasteiger partial charge on any atom is 0.270 e. The van der Waals surface area contributed by atoms with Crippen molar-refractivity contribution in [3.05, 3.63) is 24.0 Å². The highest BCUT2D eigenvalue weighted by Crippen LogP contribution is 2.35. The summed E-state index contributed by atoms with van der Waals surface area (Å²) in [5.41, 5.74) is 0.491.